The van der Waals surface area contributed by atoms with Crippen molar-refractivity contribution in [2.45, 2.75) is 26.0 Å². The molecule has 0 amide bonds. The van der Waals surface area contributed by atoms with Gasteiger partial charge in [-0.15, -0.1) is 0 Å². The van der Waals surface area contributed by atoms with Gasteiger partial charge in [-0.05, 0) is 20.9 Å². The van der Waals surface area contributed by atoms with Gasteiger partial charge in [0, 0.05) is 25.5 Å². The van der Waals surface area contributed by atoms with Crippen LogP contribution in [0.3, 0.4) is 0 Å². The van der Waals surface area contributed by atoms with Gasteiger partial charge in [0.15, 0.2) is 0 Å². The number of rotatable bonds is 4. The average molecular weight is 183 g/mol. The third kappa shape index (κ3) is 2.29. The van der Waals surface area contributed by atoms with E-state index in [0.29, 0.717) is 0 Å². The van der Waals surface area contributed by atoms with Crippen molar-refractivity contribution in [1.82, 2.24) is 15.3 Å². The second-order valence-corrected chi connectivity index (χ2v) is 3.50. The SMILES string of the molecule is CNCc1cnc(C(C)(C)OC)[nH]1. The molecule has 0 saturated heterocycles. The molecule has 0 bridgehead atoms. The zero-order valence-electron chi connectivity index (χ0n) is 8.64. The number of H-pyrrole nitrogens is 1. The third-order valence-corrected chi connectivity index (χ3v) is 2.08. The first kappa shape index (κ1) is 10.2. The number of nitrogens with one attached hydrogen (secondary N) is 2. The number of hydrogen-bond donors (Lipinski definition) is 2. The summed E-state index contributed by atoms with van der Waals surface area (Å²) >= 11 is 0. The monoisotopic (exact) mass is 183 g/mol. The molecule has 0 spiro atoms. The Kier molecular flexibility index (Phi) is 3.06. The van der Waals surface area contributed by atoms with E-state index in [1.807, 2.05) is 27.1 Å². The number of methoxy groups -OCH3 is 1. The standard InChI is InChI=1S/C9H17N3O/c1-9(2,13-4)8-11-6-7(12-8)5-10-3/h6,10H,5H2,1-4H3,(H,11,12). The molecule has 0 aliphatic rings. The Morgan fingerprint density at radius 2 is 2.31 bits per heavy atom. The van der Waals surface area contributed by atoms with Crippen LogP contribution in [0.4, 0.5) is 0 Å². The van der Waals surface area contributed by atoms with Crippen LogP contribution in [0.25, 0.3) is 0 Å². The summed E-state index contributed by atoms with van der Waals surface area (Å²) in [6.45, 7) is 4.76. The van der Waals surface area contributed by atoms with Gasteiger partial charge in [0.05, 0.1) is 0 Å². The molecule has 0 aliphatic carbocycles. The number of ether oxygens (including phenoxy) is 1. The van der Waals surface area contributed by atoms with Crippen LogP contribution in [0.2, 0.25) is 0 Å². The molecule has 0 unspecified atom stereocenters. The summed E-state index contributed by atoms with van der Waals surface area (Å²) in [6, 6.07) is 0. The molecule has 74 valence electrons. The molecule has 0 aromatic carbocycles. The summed E-state index contributed by atoms with van der Waals surface area (Å²) in [6.07, 6.45) is 1.83. The minimum Gasteiger partial charge on any atom is -0.371 e. The highest BCUT2D eigenvalue weighted by atomic mass is 16.5. The summed E-state index contributed by atoms with van der Waals surface area (Å²) < 4.78 is 5.30. The molecule has 0 saturated carbocycles. The Bertz CT molecular complexity index is 268. The summed E-state index contributed by atoms with van der Waals surface area (Å²) in [7, 11) is 3.59. The van der Waals surface area contributed by atoms with Crippen LogP contribution in [0.5, 0.6) is 0 Å². The molecule has 4 nitrogen and oxygen atoms in total. The minimum atomic E-state index is -0.341. The molecule has 1 aromatic heterocycles. The van der Waals surface area contributed by atoms with E-state index in [1.54, 1.807) is 7.11 Å². The highest BCUT2D eigenvalue weighted by molar-refractivity contribution is 5.06. The first-order valence-electron chi connectivity index (χ1n) is 4.34. The lowest BCUT2D eigenvalue weighted by Gasteiger charge is -2.19. The molecular formula is C9H17N3O. The van der Waals surface area contributed by atoms with E-state index < -0.39 is 0 Å². The van der Waals surface area contributed by atoms with E-state index in [1.165, 1.54) is 0 Å². The maximum absolute atomic E-state index is 5.30. The predicted molar refractivity (Wildman–Crippen MR) is 51.4 cm³/mol. The smallest absolute Gasteiger partial charge is 0.138 e. The van der Waals surface area contributed by atoms with Gasteiger partial charge in [-0.3, -0.25) is 0 Å². The van der Waals surface area contributed by atoms with Crippen molar-refractivity contribution in [2.24, 2.45) is 0 Å². The van der Waals surface area contributed by atoms with Gasteiger partial charge in [0.2, 0.25) is 0 Å². The molecule has 0 atom stereocenters. The van der Waals surface area contributed by atoms with Crippen molar-refractivity contribution in [3.05, 3.63) is 17.7 Å². The molecule has 0 aliphatic heterocycles. The lowest BCUT2D eigenvalue weighted by molar-refractivity contribution is 0.0121. The van der Waals surface area contributed by atoms with E-state index in [-0.39, 0.29) is 5.60 Å². The molecular weight excluding hydrogens is 166 g/mol. The van der Waals surface area contributed by atoms with Crippen LogP contribution in [-0.2, 0) is 16.9 Å². The second-order valence-electron chi connectivity index (χ2n) is 3.50. The maximum Gasteiger partial charge on any atom is 0.138 e. The Hall–Kier alpha value is -0.870. The van der Waals surface area contributed by atoms with Crippen molar-refractivity contribution < 1.29 is 4.74 Å². The van der Waals surface area contributed by atoms with Crippen LogP contribution in [0, 0.1) is 0 Å². The fourth-order valence-corrected chi connectivity index (χ4v) is 1.04. The molecule has 4 heteroatoms. The van der Waals surface area contributed by atoms with Gasteiger partial charge in [-0.1, -0.05) is 0 Å². The lowest BCUT2D eigenvalue weighted by atomic mass is 10.1. The Labute approximate surface area is 78.7 Å². The summed E-state index contributed by atoms with van der Waals surface area (Å²) in [5.74, 6) is 0.861. The van der Waals surface area contributed by atoms with E-state index in [2.05, 4.69) is 15.3 Å². The molecule has 2 N–H and O–H groups in total. The first-order valence-corrected chi connectivity index (χ1v) is 4.34. The van der Waals surface area contributed by atoms with Crippen LogP contribution in [0.15, 0.2) is 6.20 Å². The Balaban J connectivity index is 2.79. The fourth-order valence-electron chi connectivity index (χ4n) is 1.04. The zero-order valence-corrected chi connectivity index (χ0v) is 8.64. The largest absolute Gasteiger partial charge is 0.371 e. The van der Waals surface area contributed by atoms with Gasteiger partial charge in [-0.25, -0.2) is 4.98 Å². The third-order valence-electron chi connectivity index (χ3n) is 2.08. The van der Waals surface area contributed by atoms with Crippen molar-refractivity contribution in [2.75, 3.05) is 14.2 Å². The quantitative estimate of drug-likeness (QED) is 0.732. The van der Waals surface area contributed by atoms with Gasteiger partial charge in [-0.2, -0.15) is 0 Å². The lowest BCUT2D eigenvalue weighted by Crippen LogP contribution is -2.21. The van der Waals surface area contributed by atoms with E-state index in [0.717, 1.165) is 18.1 Å². The Morgan fingerprint density at radius 3 is 2.85 bits per heavy atom. The van der Waals surface area contributed by atoms with Crippen molar-refractivity contribution in [1.29, 1.82) is 0 Å². The van der Waals surface area contributed by atoms with Gasteiger partial charge < -0.3 is 15.0 Å². The zero-order chi connectivity index (χ0) is 9.90. The normalized spacial score (nSPS) is 12.0. The summed E-state index contributed by atoms with van der Waals surface area (Å²) in [5, 5.41) is 3.05. The topological polar surface area (TPSA) is 49.9 Å². The number of nitrogens with zero attached hydrogens (tertiary/aromatic N) is 1. The van der Waals surface area contributed by atoms with Crippen LogP contribution in [-0.4, -0.2) is 24.1 Å². The summed E-state index contributed by atoms with van der Waals surface area (Å²) in [4.78, 5) is 7.46. The van der Waals surface area contributed by atoms with Gasteiger partial charge in [0.1, 0.15) is 11.4 Å². The molecule has 0 radical (unpaired) electrons. The molecule has 0 fully saturated rings. The number of imidazole rings is 1. The molecule has 13 heavy (non-hydrogen) atoms. The van der Waals surface area contributed by atoms with E-state index in [9.17, 15) is 0 Å². The van der Waals surface area contributed by atoms with Crippen molar-refractivity contribution in [3.8, 4) is 0 Å². The molecule has 1 rings (SSSR count). The van der Waals surface area contributed by atoms with E-state index >= 15 is 0 Å². The van der Waals surface area contributed by atoms with Crippen LogP contribution >= 0.6 is 0 Å². The molecule has 1 heterocycles. The minimum absolute atomic E-state index is 0.341. The van der Waals surface area contributed by atoms with Gasteiger partial charge >= 0.3 is 0 Å². The highest BCUT2D eigenvalue weighted by Crippen LogP contribution is 2.19. The number of aromatic nitrogens is 2. The van der Waals surface area contributed by atoms with Crippen molar-refractivity contribution in [3.63, 3.8) is 0 Å². The van der Waals surface area contributed by atoms with Crippen molar-refractivity contribution >= 4 is 0 Å². The summed E-state index contributed by atoms with van der Waals surface area (Å²) in [5.41, 5.74) is 0.731. The highest BCUT2D eigenvalue weighted by Gasteiger charge is 2.22. The maximum atomic E-state index is 5.30. The predicted octanol–water partition coefficient (Wildman–Crippen LogP) is 1.01. The van der Waals surface area contributed by atoms with Gasteiger partial charge in [0.25, 0.3) is 0 Å². The van der Waals surface area contributed by atoms with E-state index in [4.69, 9.17) is 4.74 Å². The average Bonchev–Trinajstić information content (AvgIpc) is 2.54. The Morgan fingerprint density at radius 1 is 1.62 bits per heavy atom. The van der Waals surface area contributed by atoms with Crippen LogP contribution < -0.4 is 5.32 Å². The first-order chi connectivity index (χ1) is 6.10. The number of aromatic amines is 1. The second kappa shape index (κ2) is 3.89. The molecule has 1 aromatic rings. The number of hydrogen-bond acceptors (Lipinski definition) is 3. The van der Waals surface area contributed by atoms with Crippen LogP contribution in [0.1, 0.15) is 25.4 Å². The fraction of sp³-hybridized carbons (Fsp3) is 0.667.